The van der Waals surface area contributed by atoms with E-state index in [2.05, 4.69) is 10.3 Å². The first kappa shape index (κ1) is 28.7. The standard InChI is InChI=1S/C25H37N7O6/c26-17(14-15-7-9-16(33)10-8-15)22(35)32-13-3-6-20(32)23(36)31-12-2-5-19(31)21(34)30-18(24(37)38)4-1-11-29-25(27)28/h7-10,17-20,33H,1-6,11-14,26H2,(H,30,34)(H,37,38)(H4,27,28,29). The van der Waals surface area contributed by atoms with Gasteiger partial charge < -0.3 is 42.5 Å². The molecule has 0 aliphatic carbocycles. The molecule has 3 amide bonds. The molecular weight excluding hydrogens is 494 g/mol. The lowest BCUT2D eigenvalue weighted by molar-refractivity contribution is -0.148. The number of carbonyl (C=O) groups is 4. The minimum atomic E-state index is -1.19. The van der Waals surface area contributed by atoms with Crippen LogP contribution >= 0.6 is 0 Å². The number of rotatable bonds is 11. The topological polar surface area (TPSA) is 218 Å². The molecule has 2 aliphatic rings. The molecule has 1 aromatic carbocycles. The molecule has 0 saturated carbocycles. The third-order valence-electron chi connectivity index (χ3n) is 6.93. The Balaban J connectivity index is 1.62. The Bertz CT molecular complexity index is 1040. The fourth-order valence-electron chi connectivity index (χ4n) is 5.00. The predicted molar refractivity (Wildman–Crippen MR) is 139 cm³/mol. The lowest BCUT2D eigenvalue weighted by Gasteiger charge is -2.32. The Morgan fingerprint density at radius 2 is 1.66 bits per heavy atom. The number of carbonyl (C=O) groups excluding carboxylic acids is 3. The van der Waals surface area contributed by atoms with Gasteiger partial charge in [0.1, 0.15) is 23.9 Å². The molecule has 0 spiro atoms. The Labute approximate surface area is 221 Å². The van der Waals surface area contributed by atoms with Gasteiger partial charge in [-0.3, -0.25) is 19.4 Å². The molecule has 9 N–H and O–H groups in total. The Kier molecular flexibility index (Phi) is 9.88. The number of likely N-dealkylation sites (tertiary alicyclic amines) is 2. The highest BCUT2D eigenvalue weighted by Gasteiger charge is 2.43. The molecule has 2 saturated heterocycles. The summed E-state index contributed by atoms with van der Waals surface area (Å²) in [6.45, 7) is 0.966. The maximum Gasteiger partial charge on any atom is 0.326 e. The minimum absolute atomic E-state index is 0.0956. The van der Waals surface area contributed by atoms with Gasteiger partial charge in [-0.1, -0.05) is 12.1 Å². The van der Waals surface area contributed by atoms with Crippen molar-refractivity contribution in [2.24, 2.45) is 22.2 Å². The molecule has 4 unspecified atom stereocenters. The molecule has 2 aliphatic heterocycles. The van der Waals surface area contributed by atoms with Gasteiger partial charge in [-0.05, 0) is 62.6 Å². The van der Waals surface area contributed by atoms with E-state index in [1.165, 1.54) is 21.9 Å². The maximum atomic E-state index is 13.5. The van der Waals surface area contributed by atoms with Crippen molar-refractivity contribution in [3.05, 3.63) is 29.8 Å². The van der Waals surface area contributed by atoms with Crippen molar-refractivity contribution < 1.29 is 29.4 Å². The molecule has 1 aromatic rings. The molecule has 2 fully saturated rings. The van der Waals surface area contributed by atoms with E-state index < -0.39 is 36.0 Å². The van der Waals surface area contributed by atoms with Crippen molar-refractivity contribution >= 4 is 29.7 Å². The molecule has 4 atom stereocenters. The lowest BCUT2D eigenvalue weighted by atomic mass is 10.0. The zero-order chi connectivity index (χ0) is 27.8. The van der Waals surface area contributed by atoms with Gasteiger partial charge in [0.25, 0.3) is 0 Å². The van der Waals surface area contributed by atoms with E-state index in [9.17, 15) is 29.4 Å². The number of carboxylic acids is 1. The van der Waals surface area contributed by atoms with Gasteiger partial charge in [-0.2, -0.15) is 0 Å². The molecular formula is C25H37N7O6. The number of aliphatic carboxylic acids is 1. The number of nitrogens with two attached hydrogens (primary N) is 3. The van der Waals surface area contributed by atoms with Crippen LogP contribution in [0.4, 0.5) is 0 Å². The van der Waals surface area contributed by atoms with E-state index >= 15 is 0 Å². The second kappa shape index (κ2) is 13.1. The third kappa shape index (κ3) is 7.34. The van der Waals surface area contributed by atoms with Crippen molar-refractivity contribution in [3.63, 3.8) is 0 Å². The summed E-state index contributed by atoms with van der Waals surface area (Å²) in [6.07, 6.45) is 2.82. The van der Waals surface area contributed by atoms with Gasteiger partial charge in [-0.25, -0.2) is 4.79 Å². The van der Waals surface area contributed by atoms with E-state index in [1.54, 1.807) is 12.1 Å². The van der Waals surface area contributed by atoms with Crippen molar-refractivity contribution in [2.45, 2.75) is 69.1 Å². The number of hydrogen-bond acceptors (Lipinski definition) is 7. The molecule has 2 heterocycles. The Morgan fingerprint density at radius 1 is 1.03 bits per heavy atom. The van der Waals surface area contributed by atoms with Crippen LogP contribution in [0.5, 0.6) is 5.75 Å². The largest absolute Gasteiger partial charge is 0.508 e. The Morgan fingerprint density at radius 3 is 2.29 bits per heavy atom. The van der Waals surface area contributed by atoms with E-state index in [0.29, 0.717) is 45.2 Å². The van der Waals surface area contributed by atoms with Crippen molar-refractivity contribution in [2.75, 3.05) is 19.6 Å². The fraction of sp³-hybridized carbons (Fsp3) is 0.560. The summed E-state index contributed by atoms with van der Waals surface area (Å²) in [6, 6.07) is 2.87. The molecule has 208 valence electrons. The van der Waals surface area contributed by atoms with E-state index in [4.69, 9.17) is 17.2 Å². The lowest BCUT2D eigenvalue weighted by Crippen LogP contribution is -2.56. The first-order valence-corrected chi connectivity index (χ1v) is 12.8. The number of hydrogen-bond donors (Lipinski definition) is 6. The zero-order valence-electron chi connectivity index (χ0n) is 21.3. The predicted octanol–water partition coefficient (Wildman–Crippen LogP) is -1.13. The Hall–Kier alpha value is -3.87. The average Bonchev–Trinajstić information content (AvgIpc) is 3.56. The van der Waals surface area contributed by atoms with Gasteiger partial charge in [0.2, 0.25) is 17.7 Å². The number of aromatic hydroxyl groups is 1. The smallest absolute Gasteiger partial charge is 0.326 e. The molecule has 0 aromatic heterocycles. The van der Waals surface area contributed by atoms with Crippen LogP contribution in [0.15, 0.2) is 29.3 Å². The summed E-state index contributed by atoms with van der Waals surface area (Å²) in [5.74, 6) is -2.38. The number of aliphatic imine (C=N–C) groups is 1. The van der Waals surface area contributed by atoms with Gasteiger partial charge in [-0.15, -0.1) is 0 Å². The maximum absolute atomic E-state index is 13.5. The second-order valence-electron chi connectivity index (χ2n) is 9.70. The van der Waals surface area contributed by atoms with Crippen LogP contribution in [0.3, 0.4) is 0 Å². The zero-order valence-corrected chi connectivity index (χ0v) is 21.3. The summed E-state index contributed by atoms with van der Waals surface area (Å²) in [4.78, 5) is 58.1. The number of guanidine groups is 1. The second-order valence-corrected chi connectivity index (χ2v) is 9.70. The normalized spacial score (nSPS) is 20.6. The number of phenols is 1. The fourth-order valence-corrected chi connectivity index (χ4v) is 5.00. The van der Waals surface area contributed by atoms with Crippen molar-refractivity contribution in [1.82, 2.24) is 15.1 Å². The highest BCUT2D eigenvalue weighted by atomic mass is 16.4. The number of benzene rings is 1. The van der Waals surface area contributed by atoms with Crippen LogP contribution in [0.1, 0.15) is 44.1 Å². The minimum Gasteiger partial charge on any atom is -0.508 e. The van der Waals surface area contributed by atoms with Gasteiger partial charge in [0.15, 0.2) is 5.96 Å². The van der Waals surface area contributed by atoms with Gasteiger partial charge in [0, 0.05) is 19.6 Å². The van der Waals surface area contributed by atoms with Gasteiger partial charge >= 0.3 is 5.97 Å². The van der Waals surface area contributed by atoms with Crippen molar-refractivity contribution in [3.8, 4) is 5.75 Å². The van der Waals surface area contributed by atoms with Crippen LogP contribution in [0.25, 0.3) is 0 Å². The molecule has 13 heteroatoms. The van der Waals surface area contributed by atoms with E-state index in [-0.39, 0.29) is 42.9 Å². The first-order valence-electron chi connectivity index (χ1n) is 12.8. The van der Waals surface area contributed by atoms with Crippen LogP contribution in [0, 0.1) is 0 Å². The molecule has 0 radical (unpaired) electrons. The van der Waals surface area contributed by atoms with Gasteiger partial charge in [0.05, 0.1) is 6.04 Å². The quantitative estimate of drug-likeness (QED) is 0.115. The molecule has 0 bridgehead atoms. The van der Waals surface area contributed by atoms with E-state index in [0.717, 1.165) is 5.56 Å². The summed E-state index contributed by atoms with van der Waals surface area (Å²) in [5, 5.41) is 21.5. The van der Waals surface area contributed by atoms with Crippen LogP contribution in [-0.2, 0) is 25.6 Å². The number of amides is 3. The summed E-state index contributed by atoms with van der Waals surface area (Å²) in [7, 11) is 0. The van der Waals surface area contributed by atoms with E-state index in [1.807, 2.05) is 0 Å². The van der Waals surface area contributed by atoms with Crippen LogP contribution < -0.4 is 22.5 Å². The monoisotopic (exact) mass is 531 g/mol. The van der Waals surface area contributed by atoms with Crippen LogP contribution in [0.2, 0.25) is 0 Å². The highest BCUT2D eigenvalue weighted by molar-refractivity contribution is 5.95. The SMILES string of the molecule is NC(N)=NCCCC(NC(=O)C1CCCN1C(=O)C1CCCN1C(=O)C(N)Cc1ccc(O)cc1)C(=O)O. The van der Waals surface area contributed by atoms with Crippen LogP contribution in [-0.4, -0.2) is 93.5 Å². The number of phenolic OH excluding ortho intramolecular Hbond substituents is 1. The molecule has 13 nitrogen and oxygen atoms in total. The summed E-state index contributed by atoms with van der Waals surface area (Å²) in [5.41, 5.74) is 17.5. The highest BCUT2D eigenvalue weighted by Crippen LogP contribution is 2.26. The third-order valence-corrected chi connectivity index (χ3v) is 6.93. The number of carboxylic acid groups (broad SMARTS) is 1. The number of nitrogens with one attached hydrogen (secondary N) is 1. The molecule has 38 heavy (non-hydrogen) atoms. The van der Waals surface area contributed by atoms with Crippen molar-refractivity contribution in [1.29, 1.82) is 0 Å². The first-order chi connectivity index (χ1) is 18.1. The average molecular weight is 532 g/mol. The molecule has 3 rings (SSSR count). The summed E-state index contributed by atoms with van der Waals surface area (Å²) >= 11 is 0. The number of nitrogens with zero attached hydrogens (tertiary/aromatic N) is 3. The summed E-state index contributed by atoms with van der Waals surface area (Å²) < 4.78 is 0.